The number of benzene rings is 2. The summed E-state index contributed by atoms with van der Waals surface area (Å²) in [5.41, 5.74) is 2.62. The van der Waals surface area contributed by atoms with Gasteiger partial charge in [0.15, 0.2) is 0 Å². The first-order chi connectivity index (χ1) is 6.36. The van der Waals surface area contributed by atoms with Crippen molar-refractivity contribution < 1.29 is 26.1 Å². The summed E-state index contributed by atoms with van der Waals surface area (Å²) in [5, 5.41) is 0. The topological polar surface area (TPSA) is 0 Å². The number of rotatable bonds is 1. The zero-order chi connectivity index (χ0) is 9.10. The maximum atomic E-state index is 2.23. The van der Waals surface area contributed by atoms with Crippen LogP contribution >= 0.6 is 0 Å². The molecular weight excluding hydrogens is 345 g/mol. The summed E-state index contributed by atoms with van der Waals surface area (Å²) in [5.74, 6) is 0. The van der Waals surface area contributed by atoms with Crippen molar-refractivity contribution >= 4 is 3.07 Å². The summed E-state index contributed by atoms with van der Waals surface area (Å²) in [6.07, 6.45) is 0. The van der Waals surface area contributed by atoms with E-state index in [0.29, 0.717) is 0 Å². The molecule has 2 aromatic rings. The van der Waals surface area contributed by atoms with Crippen LogP contribution in [0.3, 0.4) is 0 Å². The van der Waals surface area contributed by atoms with Crippen LogP contribution in [0.4, 0.5) is 0 Å². The molecule has 0 aromatic heterocycles. The van der Waals surface area contributed by atoms with Crippen LogP contribution in [0.15, 0.2) is 54.6 Å². The van der Waals surface area contributed by atoms with Crippen LogP contribution in [0.2, 0.25) is 0 Å². The van der Waals surface area contributed by atoms with Crippen molar-refractivity contribution in [2.75, 3.05) is 0 Å². The van der Waals surface area contributed by atoms with Crippen LogP contribution in [0.1, 0.15) is 0 Å². The van der Waals surface area contributed by atoms with E-state index in [1.54, 1.807) is 0 Å². The standard InChI is InChI=1S/C12H9.Hg/c1-3-7-11(8-4-1)12-9-5-2-6-10-12;/h1,3-10H;. The summed E-state index contributed by atoms with van der Waals surface area (Å²) in [6.45, 7) is 0. The monoisotopic (exact) mass is 355 g/mol. The van der Waals surface area contributed by atoms with Crippen molar-refractivity contribution in [3.05, 3.63) is 54.6 Å². The first-order valence-electron chi connectivity index (χ1n) is 4.34. The summed E-state index contributed by atoms with van der Waals surface area (Å²) in [6, 6.07) is 19.4. The second kappa shape index (κ2) is 4.06. The van der Waals surface area contributed by atoms with E-state index in [9.17, 15) is 0 Å². The van der Waals surface area contributed by atoms with Gasteiger partial charge in [0.05, 0.1) is 0 Å². The number of hydrogen-bond acceptors (Lipinski definition) is 0. The predicted octanol–water partition coefficient (Wildman–Crippen LogP) is 2.53. The van der Waals surface area contributed by atoms with Crippen molar-refractivity contribution in [1.82, 2.24) is 0 Å². The van der Waals surface area contributed by atoms with Crippen molar-refractivity contribution in [3.8, 4) is 11.1 Å². The Morgan fingerprint density at radius 1 is 0.615 bits per heavy atom. The Balaban J connectivity index is 2.42. The summed E-state index contributed by atoms with van der Waals surface area (Å²) in [4.78, 5) is 0. The molecule has 0 unspecified atom stereocenters. The molecule has 1 heteroatoms. The van der Waals surface area contributed by atoms with Crippen LogP contribution < -0.4 is 3.07 Å². The molecule has 59 valence electrons. The Kier molecular flexibility index (Phi) is 2.79. The van der Waals surface area contributed by atoms with Crippen LogP contribution in [0.5, 0.6) is 0 Å². The van der Waals surface area contributed by atoms with Gasteiger partial charge in [0.2, 0.25) is 0 Å². The van der Waals surface area contributed by atoms with Gasteiger partial charge in [0, 0.05) is 0 Å². The molecule has 0 nitrogen and oxygen atoms in total. The van der Waals surface area contributed by atoms with Crippen LogP contribution in [0.25, 0.3) is 11.1 Å². The second-order valence-corrected chi connectivity index (χ2v) is 6.24. The molecule has 0 spiro atoms. The molecule has 0 fully saturated rings. The van der Waals surface area contributed by atoms with Gasteiger partial charge < -0.3 is 0 Å². The van der Waals surface area contributed by atoms with Gasteiger partial charge in [0.1, 0.15) is 0 Å². The summed E-state index contributed by atoms with van der Waals surface area (Å²) in [7, 11) is 0. The van der Waals surface area contributed by atoms with Gasteiger partial charge in [-0.05, 0) is 0 Å². The molecule has 0 aliphatic rings. The van der Waals surface area contributed by atoms with E-state index in [1.165, 1.54) is 14.2 Å². The molecule has 0 heterocycles. The molecule has 0 radical (unpaired) electrons. The third kappa shape index (κ3) is 2.19. The minimum absolute atomic E-state index is 0.745. The van der Waals surface area contributed by atoms with Gasteiger partial charge >= 0.3 is 94.9 Å². The van der Waals surface area contributed by atoms with Crippen molar-refractivity contribution in [1.29, 1.82) is 0 Å². The average Bonchev–Trinajstić information content (AvgIpc) is 2.20. The molecule has 2 rings (SSSR count). The Morgan fingerprint density at radius 2 is 1.15 bits per heavy atom. The zero-order valence-corrected chi connectivity index (χ0v) is 12.9. The molecule has 0 aliphatic heterocycles. The maximum absolute atomic E-state index is 2.23. The Morgan fingerprint density at radius 3 is 1.77 bits per heavy atom. The molecule has 0 saturated carbocycles. The van der Waals surface area contributed by atoms with Gasteiger partial charge in [-0.15, -0.1) is 0 Å². The second-order valence-electron chi connectivity index (χ2n) is 3.06. The fourth-order valence-electron chi connectivity index (χ4n) is 1.33. The molecule has 0 aliphatic carbocycles. The van der Waals surface area contributed by atoms with E-state index < -0.39 is 0 Å². The first-order valence-corrected chi connectivity index (χ1v) is 7.08. The van der Waals surface area contributed by atoms with E-state index in [4.69, 9.17) is 0 Å². The van der Waals surface area contributed by atoms with Crippen LogP contribution in [0, 0.1) is 0 Å². The van der Waals surface area contributed by atoms with Gasteiger partial charge in [-0.25, -0.2) is 0 Å². The fourth-order valence-corrected chi connectivity index (χ4v) is 2.24. The SMILES string of the molecule is [Hg][c]1ccc(-c2ccccc2)cc1. The van der Waals surface area contributed by atoms with E-state index in [0.717, 1.165) is 26.1 Å². The molecule has 0 N–H and O–H groups in total. The summed E-state index contributed by atoms with van der Waals surface area (Å²) >= 11 is 0.745. The fraction of sp³-hybridized carbons (Fsp3) is 0. The Labute approximate surface area is 94.6 Å². The molecule has 0 atom stereocenters. The van der Waals surface area contributed by atoms with Crippen LogP contribution in [-0.4, -0.2) is 0 Å². The molecule has 0 saturated heterocycles. The Bertz CT molecular complexity index is 376. The average molecular weight is 354 g/mol. The Hall–Kier alpha value is -0.625. The quantitative estimate of drug-likeness (QED) is 0.691. The van der Waals surface area contributed by atoms with Crippen molar-refractivity contribution in [2.24, 2.45) is 0 Å². The van der Waals surface area contributed by atoms with Gasteiger partial charge in [-0.2, -0.15) is 0 Å². The predicted molar refractivity (Wildman–Crippen MR) is 51.5 cm³/mol. The van der Waals surface area contributed by atoms with E-state index in [-0.39, 0.29) is 0 Å². The van der Waals surface area contributed by atoms with Gasteiger partial charge in [-0.3, -0.25) is 0 Å². The molecule has 0 bridgehead atoms. The molecule has 0 amide bonds. The minimum atomic E-state index is 0.745. The third-order valence-electron chi connectivity index (χ3n) is 2.06. The first kappa shape index (κ1) is 8.95. The van der Waals surface area contributed by atoms with E-state index >= 15 is 0 Å². The van der Waals surface area contributed by atoms with Gasteiger partial charge in [0.25, 0.3) is 0 Å². The summed E-state index contributed by atoms with van der Waals surface area (Å²) < 4.78 is 1.50. The molecule has 2 aromatic carbocycles. The zero-order valence-electron chi connectivity index (χ0n) is 7.40. The van der Waals surface area contributed by atoms with Gasteiger partial charge in [-0.1, -0.05) is 0 Å². The molecular formula is C12H9Hg. The van der Waals surface area contributed by atoms with E-state index in [1.807, 2.05) is 6.07 Å². The van der Waals surface area contributed by atoms with Crippen molar-refractivity contribution in [3.63, 3.8) is 0 Å². The number of hydrogen-bond donors (Lipinski definition) is 0. The molecule has 13 heavy (non-hydrogen) atoms. The third-order valence-corrected chi connectivity index (χ3v) is 3.89. The normalized spacial score (nSPS) is 10.0. The van der Waals surface area contributed by atoms with Crippen molar-refractivity contribution in [2.45, 2.75) is 0 Å². The van der Waals surface area contributed by atoms with Crippen LogP contribution in [-0.2, 0) is 26.1 Å². The van der Waals surface area contributed by atoms with E-state index in [2.05, 4.69) is 48.5 Å².